The largest absolute Gasteiger partial charge is 0.393 e. The zero-order chi connectivity index (χ0) is 20.8. The van der Waals surface area contributed by atoms with Gasteiger partial charge in [-0.05, 0) is 110 Å². The van der Waals surface area contributed by atoms with Gasteiger partial charge in [-0.15, -0.1) is 0 Å². The van der Waals surface area contributed by atoms with Crippen LogP contribution in [-0.4, -0.2) is 11.2 Å². The smallest absolute Gasteiger partial charge is 0.0607 e. The van der Waals surface area contributed by atoms with E-state index in [-0.39, 0.29) is 6.10 Å². The van der Waals surface area contributed by atoms with Gasteiger partial charge >= 0.3 is 0 Å². The predicted molar refractivity (Wildman–Crippen MR) is 121 cm³/mol. The lowest BCUT2D eigenvalue weighted by Crippen LogP contribution is -2.56. The Morgan fingerprint density at radius 2 is 1.66 bits per heavy atom. The second-order valence-electron chi connectivity index (χ2n) is 13.1. The summed E-state index contributed by atoms with van der Waals surface area (Å²) in [5.41, 5.74) is 1.27. The molecule has 5 saturated carbocycles. The minimum atomic E-state index is -0.00754. The van der Waals surface area contributed by atoms with Gasteiger partial charge in [0.15, 0.2) is 0 Å². The fourth-order valence-electron chi connectivity index (χ4n) is 9.92. The van der Waals surface area contributed by atoms with Gasteiger partial charge in [0.25, 0.3) is 0 Å². The molecule has 1 N–H and O–H groups in total. The molecule has 11 atom stereocenters. The monoisotopic (exact) mass is 398 g/mol. The average Bonchev–Trinajstić information content (AvgIpc) is 3.20. The van der Waals surface area contributed by atoms with Gasteiger partial charge in [-0.1, -0.05) is 53.7 Å². The van der Waals surface area contributed by atoms with Crippen LogP contribution in [0.25, 0.3) is 0 Å². The van der Waals surface area contributed by atoms with E-state index in [1.54, 1.807) is 0 Å². The molecule has 0 bridgehead atoms. The first-order valence-corrected chi connectivity index (χ1v) is 13.0. The van der Waals surface area contributed by atoms with Gasteiger partial charge < -0.3 is 5.11 Å². The second-order valence-corrected chi connectivity index (χ2v) is 13.1. The highest BCUT2D eigenvalue weighted by atomic mass is 16.3. The first kappa shape index (κ1) is 20.6. The van der Waals surface area contributed by atoms with Gasteiger partial charge in [0.1, 0.15) is 0 Å². The van der Waals surface area contributed by atoms with E-state index in [0.29, 0.717) is 28.1 Å². The standard InChI is InChI=1S/C28H46O/c1-17(2)18(3)7-8-19(4)22-9-10-23-21-15-25(29)28-16-20(28)11-14-27(28,6)24(21)12-13-26(22,23)5/h7-8,17-25,29H,9-16H2,1-6H3/b8-7+/t18-,19+,20+,21-,22+,23-,24-,25+,26+,27+,28-/m0/s1. The van der Waals surface area contributed by atoms with Crippen LogP contribution in [0.3, 0.4) is 0 Å². The molecule has 0 unspecified atom stereocenters. The summed E-state index contributed by atoms with van der Waals surface area (Å²) in [6.45, 7) is 14.8. The molecule has 29 heavy (non-hydrogen) atoms. The van der Waals surface area contributed by atoms with Crippen LogP contribution >= 0.6 is 0 Å². The van der Waals surface area contributed by atoms with E-state index in [1.165, 1.54) is 44.9 Å². The summed E-state index contributed by atoms with van der Waals surface area (Å²) in [6.07, 6.45) is 16.0. The van der Waals surface area contributed by atoms with Gasteiger partial charge in [0.05, 0.1) is 6.10 Å². The van der Waals surface area contributed by atoms with Gasteiger partial charge in [-0.3, -0.25) is 0 Å². The highest BCUT2D eigenvalue weighted by Crippen LogP contribution is 2.81. The average molecular weight is 399 g/mol. The first-order valence-electron chi connectivity index (χ1n) is 13.0. The lowest BCUT2D eigenvalue weighted by Gasteiger charge is -2.60. The Labute approximate surface area is 180 Å². The fourth-order valence-corrected chi connectivity index (χ4v) is 9.92. The number of fused-ring (bicyclic) bond motifs is 4. The maximum absolute atomic E-state index is 11.3. The molecule has 0 saturated heterocycles. The third kappa shape index (κ3) is 2.61. The van der Waals surface area contributed by atoms with E-state index in [1.807, 2.05) is 0 Å². The maximum atomic E-state index is 11.3. The Morgan fingerprint density at radius 1 is 0.897 bits per heavy atom. The zero-order valence-corrected chi connectivity index (χ0v) is 20.0. The SMILES string of the molecule is CC(C)[C@@H](C)/C=C/[C@@H](C)[C@H]1CC[C@H]2[C@@H]3C[C@@H](O)[C@]45C[C@H]4CC[C@]5(C)[C@H]3CC[C@]12C. The summed E-state index contributed by atoms with van der Waals surface area (Å²) >= 11 is 0. The molecule has 5 aliphatic carbocycles. The van der Waals surface area contributed by atoms with E-state index < -0.39 is 0 Å². The third-order valence-corrected chi connectivity index (χ3v) is 12.1. The van der Waals surface area contributed by atoms with Crippen molar-refractivity contribution in [2.75, 3.05) is 0 Å². The number of aliphatic hydroxyl groups excluding tert-OH is 1. The Hall–Kier alpha value is -0.300. The summed E-state index contributed by atoms with van der Waals surface area (Å²) in [5, 5.41) is 11.3. The first-order chi connectivity index (χ1) is 13.6. The van der Waals surface area contributed by atoms with Crippen molar-refractivity contribution in [2.45, 2.75) is 99.0 Å². The van der Waals surface area contributed by atoms with Crippen molar-refractivity contribution in [3.8, 4) is 0 Å². The zero-order valence-electron chi connectivity index (χ0n) is 20.0. The molecule has 0 aromatic carbocycles. The van der Waals surface area contributed by atoms with Gasteiger partial charge in [0.2, 0.25) is 0 Å². The molecule has 5 aliphatic rings. The number of rotatable bonds is 4. The number of aliphatic hydroxyl groups is 1. The molecule has 0 aromatic rings. The van der Waals surface area contributed by atoms with Crippen molar-refractivity contribution in [3.63, 3.8) is 0 Å². The van der Waals surface area contributed by atoms with Gasteiger partial charge in [-0.25, -0.2) is 0 Å². The molecule has 164 valence electrons. The van der Waals surface area contributed by atoms with E-state index in [4.69, 9.17) is 0 Å². The van der Waals surface area contributed by atoms with E-state index in [2.05, 4.69) is 53.7 Å². The molecule has 0 aromatic heterocycles. The van der Waals surface area contributed by atoms with E-state index in [0.717, 1.165) is 41.9 Å². The fraction of sp³-hybridized carbons (Fsp3) is 0.929. The van der Waals surface area contributed by atoms with Gasteiger partial charge in [0, 0.05) is 5.41 Å². The Balaban J connectivity index is 1.37. The van der Waals surface area contributed by atoms with Crippen LogP contribution in [0.2, 0.25) is 0 Å². The van der Waals surface area contributed by atoms with Crippen LogP contribution < -0.4 is 0 Å². The van der Waals surface area contributed by atoms with Crippen molar-refractivity contribution in [1.82, 2.24) is 0 Å². The number of hydrogen-bond donors (Lipinski definition) is 1. The van der Waals surface area contributed by atoms with Crippen LogP contribution in [-0.2, 0) is 0 Å². The van der Waals surface area contributed by atoms with Crippen molar-refractivity contribution in [1.29, 1.82) is 0 Å². The lowest BCUT2D eigenvalue weighted by atomic mass is 9.45. The minimum absolute atomic E-state index is 0.00754. The molecule has 1 nitrogen and oxygen atoms in total. The summed E-state index contributed by atoms with van der Waals surface area (Å²) in [6, 6.07) is 0. The minimum Gasteiger partial charge on any atom is -0.393 e. The van der Waals surface area contributed by atoms with Crippen molar-refractivity contribution in [2.24, 2.45) is 63.6 Å². The van der Waals surface area contributed by atoms with E-state index in [9.17, 15) is 5.11 Å². The third-order valence-electron chi connectivity index (χ3n) is 12.1. The number of hydrogen-bond acceptors (Lipinski definition) is 1. The lowest BCUT2D eigenvalue weighted by molar-refractivity contribution is -0.151. The van der Waals surface area contributed by atoms with Crippen LogP contribution in [0.4, 0.5) is 0 Å². The van der Waals surface area contributed by atoms with Crippen LogP contribution in [0, 0.1) is 63.6 Å². The van der Waals surface area contributed by atoms with E-state index >= 15 is 0 Å². The van der Waals surface area contributed by atoms with Crippen LogP contribution in [0.5, 0.6) is 0 Å². The molecular formula is C28H46O. The van der Waals surface area contributed by atoms with Crippen molar-refractivity contribution < 1.29 is 5.11 Å². The predicted octanol–water partition coefficient (Wildman–Crippen LogP) is 7.10. The highest BCUT2D eigenvalue weighted by molar-refractivity contribution is 5.25. The topological polar surface area (TPSA) is 20.2 Å². The highest BCUT2D eigenvalue weighted by Gasteiger charge is 2.77. The normalized spacial score (nSPS) is 55.3. The van der Waals surface area contributed by atoms with Gasteiger partial charge in [-0.2, -0.15) is 0 Å². The molecule has 0 radical (unpaired) electrons. The molecule has 0 heterocycles. The van der Waals surface area contributed by atoms with Crippen molar-refractivity contribution in [3.05, 3.63) is 12.2 Å². The number of allylic oxidation sites excluding steroid dienone is 2. The maximum Gasteiger partial charge on any atom is 0.0607 e. The molecule has 0 aliphatic heterocycles. The van der Waals surface area contributed by atoms with Crippen molar-refractivity contribution >= 4 is 0 Å². The molecular weight excluding hydrogens is 352 g/mol. The van der Waals surface area contributed by atoms with Crippen LogP contribution in [0.15, 0.2) is 12.2 Å². The quantitative estimate of drug-likeness (QED) is 0.501. The molecule has 1 spiro atoms. The molecule has 1 heteroatoms. The molecule has 0 amide bonds. The Morgan fingerprint density at radius 3 is 2.34 bits per heavy atom. The molecule has 5 rings (SSSR count). The van der Waals surface area contributed by atoms with Crippen LogP contribution in [0.1, 0.15) is 92.9 Å². The Bertz CT molecular complexity index is 680. The Kier molecular flexibility index (Phi) is 4.69. The summed E-state index contributed by atoms with van der Waals surface area (Å²) in [5.74, 6) is 6.33. The summed E-state index contributed by atoms with van der Waals surface area (Å²) < 4.78 is 0. The summed E-state index contributed by atoms with van der Waals surface area (Å²) in [4.78, 5) is 0. The second kappa shape index (κ2) is 6.60. The molecule has 5 fully saturated rings. The summed E-state index contributed by atoms with van der Waals surface area (Å²) in [7, 11) is 0.